The molecule has 0 aliphatic rings. The van der Waals surface area contributed by atoms with E-state index in [2.05, 4.69) is 22.5 Å². The van der Waals surface area contributed by atoms with Crippen LogP contribution in [0.2, 0.25) is 0 Å². The molecule has 0 aliphatic heterocycles. The quantitative estimate of drug-likeness (QED) is 0.640. The Bertz CT molecular complexity index is 481. The fraction of sp³-hybridized carbons (Fsp3) is 0.375. The van der Waals surface area contributed by atoms with Gasteiger partial charge in [0, 0.05) is 36.8 Å². The molecule has 0 bridgehead atoms. The average molecular weight is 289 g/mol. The second kappa shape index (κ2) is 8.92. The zero-order valence-corrected chi connectivity index (χ0v) is 12.6. The Morgan fingerprint density at radius 2 is 1.90 bits per heavy atom. The molecule has 114 valence electrons. The van der Waals surface area contributed by atoms with Crippen molar-refractivity contribution in [3.05, 3.63) is 42.5 Å². The van der Waals surface area contributed by atoms with Gasteiger partial charge in [-0.15, -0.1) is 6.58 Å². The molecule has 0 aromatic heterocycles. The molecule has 21 heavy (non-hydrogen) atoms. The number of nitrogens with one attached hydrogen (secondary N) is 3. The normalized spacial score (nSPS) is 10.2. The highest BCUT2D eigenvalue weighted by Gasteiger charge is 2.06. The van der Waals surface area contributed by atoms with Gasteiger partial charge in [-0.05, 0) is 24.3 Å². The highest BCUT2D eigenvalue weighted by Crippen LogP contribution is 2.09. The molecule has 5 nitrogen and oxygen atoms in total. The van der Waals surface area contributed by atoms with Crippen LogP contribution in [0.5, 0.6) is 0 Å². The van der Waals surface area contributed by atoms with Gasteiger partial charge in [0.25, 0.3) is 5.91 Å². The van der Waals surface area contributed by atoms with Gasteiger partial charge in [-0.2, -0.15) is 0 Å². The molecular formula is C16H23N3O2. The highest BCUT2D eigenvalue weighted by atomic mass is 16.2. The largest absolute Gasteiger partial charge is 0.349 e. The molecule has 0 saturated heterocycles. The molecule has 1 rings (SSSR count). The van der Waals surface area contributed by atoms with E-state index in [4.69, 9.17) is 0 Å². The van der Waals surface area contributed by atoms with Crippen molar-refractivity contribution in [2.45, 2.75) is 26.3 Å². The number of hydrogen-bond acceptors (Lipinski definition) is 3. The van der Waals surface area contributed by atoms with Gasteiger partial charge in [0.15, 0.2) is 0 Å². The molecule has 0 fully saturated rings. The van der Waals surface area contributed by atoms with E-state index in [1.165, 1.54) is 0 Å². The second-order valence-electron chi connectivity index (χ2n) is 4.98. The lowest BCUT2D eigenvalue weighted by molar-refractivity contribution is -0.116. The summed E-state index contributed by atoms with van der Waals surface area (Å²) >= 11 is 0. The van der Waals surface area contributed by atoms with Gasteiger partial charge < -0.3 is 16.0 Å². The van der Waals surface area contributed by atoms with Crippen molar-refractivity contribution in [1.29, 1.82) is 0 Å². The number of amides is 2. The Kier molecular flexibility index (Phi) is 7.18. The molecule has 3 N–H and O–H groups in total. The summed E-state index contributed by atoms with van der Waals surface area (Å²) in [5.74, 6) is -0.207. The van der Waals surface area contributed by atoms with Gasteiger partial charge in [0.2, 0.25) is 5.91 Å². The minimum Gasteiger partial charge on any atom is -0.349 e. The summed E-state index contributed by atoms with van der Waals surface area (Å²) in [5, 5.41) is 8.68. The Morgan fingerprint density at radius 1 is 1.24 bits per heavy atom. The Morgan fingerprint density at radius 3 is 2.48 bits per heavy atom. The Labute approximate surface area is 125 Å². The van der Waals surface area contributed by atoms with Crippen molar-refractivity contribution < 1.29 is 9.59 Å². The molecule has 0 atom stereocenters. The van der Waals surface area contributed by atoms with Gasteiger partial charge in [0.05, 0.1) is 0 Å². The number of benzene rings is 1. The summed E-state index contributed by atoms with van der Waals surface area (Å²) in [4.78, 5) is 23.4. The lowest BCUT2D eigenvalue weighted by Gasteiger charge is -2.09. The van der Waals surface area contributed by atoms with E-state index in [-0.39, 0.29) is 11.8 Å². The number of carbonyl (C=O) groups excluding carboxylic acids is 2. The maximum atomic E-state index is 11.7. The molecular weight excluding hydrogens is 266 g/mol. The lowest BCUT2D eigenvalue weighted by Crippen LogP contribution is -2.27. The summed E-state index contributed by atoms with van der Waals surface area (Å²) in [6, 6.07) is 7.17. The zero-order chi connectivity index (χ0) is 15.7. The van der Waals surface area contributed by atoms with Crippen LogP contribution in [0.4, 0.5) is 5.69 Å². The third-order valence-electron chi connectivity index (χ3n) is 2.74. The smallest absolute Gasteiger partial charge is 0.251 e. The number of carbonyl (C=O) groups is 2. The summed E-state index contributed by atoms with van der Waals surface area (Å²) in [5.41, 5.74) is 1.24. The van der Waals surface area contributed by atoms with Crippen LogP contribution < -0.4 is 16.0 Å². The van der Waals surface area contributed by atoms with Crippen molar-refractivity contribution in [2.75, 3.05) is 18.4 Å². The van der Waals surface area contributed by atoms with Crippen molar-refractivity contribution >= 4 is 17.5 Å². The molecule has 0 spiro atoms. The number of rotatable bonds is 8. The molecule has 0 aliphatic carbocycles. The molecule has 1 aromatic rings. The predicted molar refractivity (Wildman–Crippen MR) is 85.4 cm³/mol. The van der Waals surface area contributed by atoms with Gasteiger partial charge in [-0.25, -0.2) is 0 Å². The van der Waals surface area contributed by atoms with Crippen molar-refractivity contribution in [3.8, 4) is 0 Å². The van der Waals surface area contributed by atoms with Gasteiger partial charge >= 0.3 is 0 Å². The first-order valence-corrected chi connectivity index (χ1v) is 7.05. The van der Waals surface area contributed by atoms with Crippen LogP contribution in [0.1, 0.15) is 30.6 Å². The van der Waals surface area contributed by atoms with E-state index in [1.807, 2.05) is 13.8 Å². The summed E-state index contributed by atoms with van der Waals surface area (Å²) < 4.78 is 0. The minimum atomic E-state index is -0.158. The van der Waals surface area contributed by atoms with Gasteiger partial charge in [-0.3, -0.25) is 9.59 Å². The molecule has 2 amide bonds. The van der Waals surface area contributed by atoms with Crippen molar-refractivity contribution in [2.24, 2.45) is 0 Å². The maximum Gasteiger partial charge on any atom is 0.251 e. The third kappa shape index (κ3) is 6.72. The first-order chi connectivity index (χ1) is 10.0. The SMILES string of the molecule is C=CCNC(=O)c1ccc(NC(=O)CCNC(C)C)cc1. The van der Waals surface area contributed by atoms with Crippen LogP contribution in [-0.2, 0) is 4.79 Å². The fourth-order valence-electron chi connectivity index (χ4n) is 1.67. The molecule has 5 heteroatoms. The van der Waals surface area contributed by atoms with Crippen LogP contribution in [0.15, 0.2) is 36.9 Å². The number of anilines is 1. The molecule has 0 heterocycles. The molecule has 1 aromatic carbocycles. The molecule has 0 saturated carbocycles. The topological polar surface area (TPSA) is 70.2 Å². The van der Waals surface area contributed by atoms with Gasteiger partial charge in [-0.1, -0.05) is 19.9 Å². The maximum absolute atomic E-state index is 11.7. The van der Waals surface area contributed by atoms with Crippen molar-refractivity contribution in [1.82, 2.24) is 10.6 Å². The second-order valence-corrected chi connectivity index (χ2v) is 4.98. The standard InChI is InChI=1S/C16H23N3O2/c1-4-10-18-16(21)13-5-7-14(8-6-13)19-15(20)9-11-17-12(2)3/h4-8,12,17H,1,9-11H2,2-3H3,(H,18,21)(H,19,20). The number of hydrogen-bond donors (Lipinski definition) is 3. The van der Waals surface area contributed by atoms with Crippen LogP contribution in [0.25, 0.3) is 0 Å². The molecule has 0 unspecified atom stereocenters. The lowest BCUT2D eigenvalue weighted by atomic mass is 10.2. The van der Waals surface area contributed by atoms with Crippen molar-refractivity contribution in [3.63, 3.8) is 0 Å². The highest BCUT2D eigenvalue weighted by molar-refractivity contribution is 5.95. The molecule has 0 radical (unpaired) electrons. The minimum absolute atomic E-state index is 0.0491. The third-order valence-corrected chi connectivity index (χ3v) is 2.74. The summed E-state index contributed by atoms with van der Waals surface area (Å²) in [6.45, 7) is 8.69. The van der Waals surface area contributed by atoms with E-state index in [9.17, 15) is 9.59 Å². The van der Waals surface area contributed by atoms with Crippen LogP contribution >= 0.6 is 0 Å². The van der Waals surface area contributed by atoms with Gasteiger partial charge in [0.1, 0.15) is 0 Å². The van der Waals surface area contributed by atoms with E-state index in [0.29, 0.717) is 36.8 Å². The summed E-state index contributed by atoms with van der Waals surface area (Å²) in [6.07, 6.45) is 2.04. The van der Waals surface area contributed by atoms with Crippen LogP contribution in [0.3, 0.4) is 0 Å². The monoisotopic (exact) mass is 289 g/mol. The first kappa shape index (κ1) is 16.9. The fourth-order valence-corrected chi connectivity index (χ4v) is 1.67. The first-order valence-electron chi connectivity index (χ1n) is 7.05. The Hall–Kier alpha value is -2.14. The average Bonchev–Trinajstić information content (AvgIpc) is 2.45. The Balaban J connectivity index is 2.45. The van der Waals surface area contributed by atoms with Crippen LogP contribution in [0, 0.1) is 0 Å². The van der Waals surface area contributed by atoms with E-state index in [0.717, 1.165) is 0 Å². The van der Waals surface area contributed by atoms with E-state index >= 15 is 0 Å². The zero-order valence-electron chi connectivity index (χ0n) is 12.6. The van der Waals surface area contributed by atoms with E-state index in [1.54, 1.807) is 30.3 Å². The van der Waals surface area contributed by atoms with Crippen LogP contribution in [-0.4, -0.2) is 30.9 Å². The predicted octanol–water partition coefficient (Wildman–Crippen LogP) is 1.93. The van der Waals surface area contributed by atoms with E-state index < -0.39 is 0 Å². The summed E-state index contributed by atoms with van der Waals surface area (Å²) in [7, 11) is 0.